The second-order valence-corrected chi connectivity index (χ2v) is 6.62. The van der Waals surface area contributed by atoms with Crippen LogP contribution in [0.4, 0.5) is 0 Å². The summed E-state index contributed by atoms with van der Waals surface area (Å²) in [4.78, 5) is 12.3. The first-order valence-corrected chi connectivity index (χ1v) is 7.90. The van der Waals surface area contributed by atoms with E-state index in [4.69, 9.17) is 0 Å². The molecule has 104 valence electrons. The molecule has 1 N–H and O–H groups in total. The van der Waals surface area contributed by atoms with Gasteiger partial charge in [0.15, 0.2) is 0 Å². The van der Waals surface area contributed by atoms with Gasteiger partial charge in [0, 0.05) is 16.6 Å². The predicted octanol–water partition coefficient (Wildman–Crippen LogP) is 4.46. The Kier molecular flexibility index (Phi) is 4.67. The van der Waals surface area contributed by atoms with Crippen LogP contribution in [0.1, 0.15) is 54.9 Å². The number of aryl methyl sites for hydroxylation is 1. The van der Waals surface area contributed by atoms with Crippen LogP contribution >= 0.6 is 15.9 Å². The van der Waals surface area contributed by atoms with Crippen molar-refractivity contribution in [3.05, 3.63) is 33.8 Å². The van der Waals surface area contributed by atoms with E-state index >= 15 is 0 Å². The Morgan fingerprint density at radius 2 is 2.05 bits per heavy atom. The van der Waals surface area contributed by atoms with Crippen LogP contribution in [0.3, 0.4) is 0 Å². The van der Waals surface area contributed by atoms with Crippen LogP contribution in [0.5, 0.6) is 0 Å². The smallest absolute Gasteiger partial charge is 0.251 e. The minimum absolute atomic E-state index is 0.0542. The average Bonchev–Trinajstić information content (AvgIpc) is 2.88. The lowest BCUT2D eigenvalue weighted by atomic mass is 9.83. The molecule has 3 heteroatoms. The van der Waals surface area contributed by atoms with Gasteiger partial charge in [-0.15, -0.1) is 0 Å². The second-order valence-electron chi connectivity index (χ2n) is 5.70. The highest BCUT2D eigenvalue weighted by atomic mass is 79.9. The maximum absolute atomic E-state index is 12.3. The van der Waals surface area contributed by atoms with E-state index in [1.807, 2.05) is 25.1 Å². The van der Waals surface area contributed by atoms with Crippen LogP contribution in [-0.4, -0.2) is 12.5 Å². The van der Waals surface area contributed by atoms with Crippen molar-refractivity contribution < 1.29 is 4.79 Å². The number of halogens is 1. The maximum atomic E-state index is 12.3. The molecule has 0 spiro atoms. The monoisotopic (exact) mass is 323 g/mol. The van der Waals surface area contributed by atoms with E-state index in [-0.39, 0.29) is 5.91 Å². The first kappa shape index (κ1) is 14.6. The molecule has 1 aromatic carbocycles. The van der Waals surface area contributed by atoms with Crippen molar-refractivity contribution in [2.24, 2.45) is 5.41 Å². The SMILES string of the molecule is CCC1(CNC(=O)c2cc(Br)ccc2C)CCCC1. The van der Waals surface area contributed by atoms with Gasteiger partial charge in [-0.05, 0) is 49.3 Å². The molecule has 0 bridgehead atoms. The van der Waals surface area contributed by atoms with Gasteiger partial charge in [-0.3, -0.25) is 4.79 Å². The molecule has 0 unspecified atom stereocenters. The molecule has 0 radical (unpaired) electrons. The van der Waals surface area contributed by atoms with E-state index in [0.717, 1.165) is 28.6 Å². The molecule has 0 aliphatic heterocycles. The average molecular weight is 324 g/mol. The lowest BCUT2D eigenvalue weighted by molar-refractivity contribution is 0.0928. The molecule has 0 aromatic heterocycles. The highest BCUT2D eigenvalue weighted by Gasteiger charge is 2.32. The number of amides is 1. The van der Waals surface area contributed by atoms with Crippen molar-refractivity contribution in [1.82, 2.24) is 5.32 Å². The summed E-state index contributed by atoms with van der Waals surface area (Å²) in [6.45, 7) is 5.03. The summed E-state index contributed by atoms with van der Waals surface area (Å²) < 4.78 is 0.953. The van der Waals surface area contributed by atoms with Gasteiger partial charge in [0.25, 0.3) is 5.91 Å². The van der Waals surface area contributed by atoms with Gasteiger partial charge in [0.2, 0.25) is 0 Å². The van der Waals surface area contributed by atoms with Crippen molar-refractivity contribution in [2.75, 3.05) is 6.54 Å². The predicted molar refractivity (Wildman–Crippen MR) is 82.4 cm³/mol. The van der Waals surface area contributed by atoms with E-state index in [9.17, 15) is 4.79 Å². The summed E-state index contributed by atoms with van der Waals surface area (Å²) >= 11 is 3.43. The molecule has 1 saturated carbocycles. The first-order chi connectivity index (χ1) is 9.06. The van der Waals surface area contributed by atoms with Crippen LogP contribution in [-0.2, 0) is 0 Å². The van der Waals surface area contributed by atoms with Crippen molar-refractivity contribution in [2.45, 2.75) is 46.0 Å². The molecule has 19 heavy (non-hydrogen) atoms. The maximum Gasteiger partial charge on any atom is 0.251 e. The van der Waals surface area contributed by atoms with Crippen molar-refractivity contribution >= 4 is 21.8 Å². The largest absolute Gasteiger partial charge is 0.351 e. The number of hydrogen-bond acceptors (Lipinski definition) is 1. The Labute approximate surface area is 124 Å². The number of rotatable bonds is 4. The quantitative estimate of drug-likeness (QED) is 0.870. The lowest BCUT2D eigenvalue weighted by Crippen LogP contribution is -2.35. The van der Waals surface area contributed by atoms with E-state index in [1.54, 1.807) is 0 Å². The molecule has 1 aliphatic rings. The Hall–Kier alpha value is -0.830. The number of hydrogen-bond donors (Lipinski definition) is 1. The number of carbonyl (C=O) groups excluding carboxylic acids is 1. The third kappa shape index (κ3) is 3.38. The fourth-order valence-corrected chi connectivity index (χ4v) is 3.34. The Balaban J connectivity index is 2.03. The number of benzene rings is 1. The van der Waals surface area contributed by atoms with Gasteiger partial charge in [-0.2, -0.15) is 0 Å². The summed E-state index contributed by atoms with van der Waals surface area (Å²) in [6, 6.07) is 5.85. The topological polar surface area (TPSA) is 29.1 Å². The van der Waals surface area contributed by atoms with E-state index in [2.05, 4.69) is 28.2 Å². The minimum Gasteiger partial charge on any atom is -0.351 e. The van der Waals surface area contributed by atoms with E-state index < -0.39 is 0 Å². The van der Waals surface area contributed by atoms with E-state index in [0.29, 0.717) is 5.41 Å². The van der Waals surface area contributed by atoms with Gasteiger partial charge >= 0.3 is 0 Å². The van der Waals surface area contributed by atoms with Crippen LogP contribution < -0.4 is 5.32 Å². The standard InChI is InChI=1S/C16H22BrNO/c1-3-16(8-4-5-9-16)11-18-15(19)14-10-13(17)7-6-12(14)2/h6-7,10H,3-5,8-9,11H2,1-2H3,(H,18,19). The van der Waals surface area contributed by atoms with Crippen LogP contribution in [0.15, 0.2) is 22.7 Å². The highest BCUT2D eigenvalue weighted by molar-refractivity contribution is 9.10. The second kappa shape index (κ2) is 6.08. The summed E-state index contributed by atoms with van der Waals surface area (Å²) in [7, 11) is 0. The molecule has 0 heterocycles. The molecule has 1 amide bonds. The zero-order valence-electron chi connectivity index (χ0n) is 11.8. The molecule has 0 saturated heterocycles. The molecule has 1 fully saturated rings. The molecule has 2 rings (SSSR count). The fourth-order valence-electron chi connectivity index (χ4n) is 2.98. The van der Waals surface area contributed by atoms with Crippen LogP contribution in [0, 0.1) is 12.3 Å². The molecule has 1 aliphatic carbocycles. The van der Waals surface area contributed by atoms with Gasteiger partial charge in [0.1, 0.15) is 0 Å². The summed E-state index contributed by atoms with van der Waals surface area (Å²) in [5, 5.41) is 3.14. The molecule has 0 atom stereocenters. The highest BCUT2D eigenvalue weighted by Crippen LogP contribution is 2.40. The Morgan fingerprint density at radius 1 is 1.37 bits per heavy atom. The van der Waals surface area contributed by atoms with Gasteiger partial charge in [0.05, 0.1) is 0 Å². The zero-order valence-corrected chi connectivity index (χ0v) is 13.3. The van der Waals surface area contributed by atoms with Crippen LogP contribution in [0.2, 0.25) is 0 Å². The third-order valence-electron chi connectivity index (χ3n) is 4.48. The van der Waals surface area contributed by atoms with Crippen molar-refractivity contribution in [3.63, 3.8) is 0 Å². The third-order valence-corrected chi connectivity index (χ3v) is 4.98. The van der Waals surface area contributed by atoms with Gasteiger partial charge < -0.3 is 5.32 Å². The summed E-state index contributed by atoms with van der Waals surface area (Å²) in [5.74, 6) is 0.0542. The lowest BCUT2D eigenvalue weighted by Gasteiger charge is -2.27. The molecule has 2 nitrogen and oxygen atoms in total. The normalized spacial score (nSPS) is 17.4. The molecular weight excluding hydrogens is 302 g/mol. The van der Waals surface area contributed by atoms with E-state index in [1.165, 1.54) is 25.7 Å². The summed E-state index contributed by atoms with van der Waals surface area (Å²) in [5.41, 5.74) is 2.14. The summed E-state index contributed by atoms with van der Waals surface area (Å²) in [6.07, 6.45) is 6.27. The van der Waals surface area contributed by atoms with Crippen LogP contribution in [0.25, 0.3) is 0 Å². The minimum atomic E-state index is 0.0542. The number of carbonyl (C=O) groups is 1. The van der Waals surface area contributed by atoms with Crippen molar-refractivity contribution in [3.8, 4) is 0 Å². The van der Waals surface area contributed by atoms with Gasteiger partial charge in [-0.1, -0.05) is 41.8 Å². The van der Waals surface area contributed by atoms with Crippen molar-refractivity contribution in [1.29, 1.82) is 0 Å². The van der Waals surface area contributed by atoms with Gasteiger partial charge in [-0.25, -0.2) is 0 Å². The number of nitrogens with one attached hydrogen (secondary N) is 1. The Morgan fingerprint density at radius 3 is 2.68 bits per heavy atom. The zero-order chi connectivity index (χ0) is 13.9. The molecule has 1 aromatic rings. The fraction of sp³-hybridized carbons (Fsp3) is 0.562. The molecular formula is C16H22BrNO. The Bertz CT molecular complexity index is 464. The first-order valence-electron chi connectivity index (χ1n) is 7.11.